The maximum absolute atomic E-state index is 13.2. The molecule has 0 radical (unpaired) electrons. The molecule has 0 aliphatic carbocycles. The zero-order valence-corrected chi connectivity index (χ0v) is 21.5. The van der Waals surface area contributed by atoms with Crippen LogP contribution < -0.4 is 14.4 Å². The second kappa shape index (κ2) is 9.01. The topological polar surface area (TPSA) is 75.7 Å². The molecule has 1 aliphatic heterocycles. The van der Waals surface area contributed by atoms with Crippen LogP contribution in [0.25, 0.3) is 0 Å². The molecule has 0 saturated heterocycles. The molecule has 0 spiro atoms. The van der Waals surface area contributed by atoms with Crippen LogP contribution in [0.1, 0.15) is 60.5 Å². The molecule has 2 aromatic rings. The zero-order valence-electron chi connectivity index (χ0n) is 20.7. The van der Waals surface area contributed by atoms with Gasteiger partial charge in [-0.1, -0.05) is 46.8 Å². The van der Waals surface area contributed by atoms with Crippen LogP contribution in [0, 0.1) is 11.3 Å². The third-order valence-corrected chi connectivity index (χ3v) is 7.27. The average Bonchev–Trinajstić information content (AvgIpc) is 2.80. The first-order valence-electron chi connectivity index (χ1n) is 11.4. The Morgan fingerprint density at radius 3 is 2.30 bits per heavy atom. The van der Waals surface area contributed by atoms with Gasteiger partial charge in [0, 0.05) is 12.6 Å². The van der Waals surface area contributed by atoms with Crippen LogP contribution in [0.15, 0.2) is 47.4 Å². The first-order valence-corrected chi connectivity index (χ1v) is 12.9. The highest BCUT2D eigenvalue weighted by Gasteiger charge is 2.37. The van der Waals surface area contributed by atoms with Crippen molar-refractivity contribution in [2.45, 2.75) is 65.2 Å². The summed E-state index contributed by atoms with van der Waals surface area (Å²) in [6.45, 7) is 15.0. The van der Waals surface area contributed by atoms with Crippen LogP contribution in [0.3, 0.4) is 0 Å². The number of sulfonamides is 1. The number of anilines is 2. The van der Waals surface area contributed by atoms with Crippen molar-refractivity contribution in [1.29, 1.82) is 0 Å². The van der Waals surface area contributed by atoms with Gasteiger partial charge >= 0.3 is 0 Å². The van der Waals surface area contributed by atoms with E-state index in [9.17, 15) is 13.2 Å². The van der Waals surface area contributed by atoms with Gasteiger partial charge < -0.3 is 9.64 Å². The van der Waals surface area contributed by atoms with Gasteiger partial charge in [0.2, 0.25) is 5.91 Å². The Morgan fingerprint density at radius 1 is 1.09 bits per heavy atom. The first-order chi connectivity index (χ1) is 15.2. The fraction of sp³-hybridized carbons (Fsp3) is 0.500. The smallest absolute Gasteiger partial charge is 0.261 e. The molecule has 0 atom stereocenters. The number of ether oxygens (including phenoxy) is 1. The van der Waals surface area contributed by atoms with Gasteiger partial charge in [0.05, 0.1) is 21.7 Å². The molecule has 0 aromatic heterocycles. The normalized spacial score (nSPS) is 16.2. The van der Waals surface area contributed by atoms with E-state index in [0.29, 0.717) is 29.6 Å². The number of fused-ring (bicyclic) bond motifs is 1. The highest BCUT2D eigenvalue weighted by molar-refractivity contribution is 7.92. The van der Waals surface area contributed by atoms with Gasteiger partial charge in [-0.2, -0.15) is 0 Å². The molecule has 3 rings (SSSR count). The third kappa shape index (κ3) is 5.69. The molecule has 1 heterocycles. The van der Waals surface area contributed by atoms with Gasteiger partial charge in [-0.3, -0.25) is 9.52 Å². The summed E-state index contributed by atoms with van der Waals surface area (Å²) in [4.78, 5) is 15.1. The van der Waals surface area contributed by atoms with Gasteiger partial charge in [-0.15, -0.1) is 0 Å². The van der Waals surface area contributed by atoms with E-state index in [0.717, 1.165) is 12.0 Å². The Labute approximate surface area is 198 Å². The lowest BCUT2D eigenvalue weighted by atomic mass is 9.87. The number of benzene rings is 2. The van der Waals surface area contributed by atoms with Gasteiger partial charge in [0.25, 0.3) is 10.0 Å². The Kier molecular flexibility index (Phi) is 6.85. The molecule has 6 nitrogen and oxygen atoms in total. The fourth-order valence-electron chi connectivity index (χ4n) is 3.67. The summed E-state index contributed by atoms with van der Waals surface area (Å²) in [5.74, 6) is 0.958. The second-order valence-corrected chi connectivity index (χ2v) is 12.6. The number of carbonyl (C=O) groups is 1. The minimum Gasteiger partial charge on any atom is -0.490 e. The fourth-order valence-corrected chi connectivity index (χ4v) is 4.72. The third-order valence-electron chi connectivity index (χ3n) is 5.88. The molecule has 0 unspecified atom stereocenters. The zero-order chi connectivity index (χ0) is 24.6. The average molecular weight is 473 g/mol. The predicted molar refractivity (Wildman–Crippen MR) is 133 cm³/mol. The van der Waals surface area contributed by atoms with Crippen LogP contribution in [-0.4, -0.2) is 27.5 Å². The summed E-state index contributed by atoms with van der Waals surface area (Å²) < 4.78 is 34.6. The lowest BCUT2D eigenvalue weighted by molar-refractivity contribution is -0.127. The number of nitrogens with zero attached hydrogens (tertiary/aromatic N) is 1. The van der Waals surface area contributed by atoms with E-state index in [1.54, 1.807) is 35.2 Å². The molecule has 7 heteroatoms. The predicted octanol–water partition coefficient (Wildman–Crippen LogP) is 5.58. The molecule has 180 valence electrons. The van der Waals surface area contributed by atoms with Crippen LogP contribution in [0.4, 0.5) is 11.4 Å². The van der Waals surface area contributed by atoms with Gasteiger partial charge in [0.15, 0.2) is 0 Å². The van der Waals surface area contributed by atoms with E-state index in [2.05, 4.69) is 39.3 Å². The molecule has 0 fully saturated rings. The van der Waals surface area contributed by atoms with Crippen molar-refractivity contribution < 1.29 is 17.9 Å². The van der Waals surface area contributed by atoms with Gasteiger partial charge in [-0.25, -0.2) is 8.42 Å². The number of hydrogen-bond acceptors (Lipinski definition) is 4. The van der Waals surface area contributed by atoms with Gasteiger partial charge in [-0.05, 0) is 61.4 Å². The van der Waals surface area contributed by atoms with E-state index in [4.69, 9.17) is 4.74 Å². The van der Waals surface area contributed by atoms with Crippen molar-refractivity contribution in [3.05, 3.63) is 48.0 Å². The Morgan fingerprint density at radius 2 is 1.73 bits per heavy atom. The Hall–Kier alpha value is -2.54. The van der Waals surface area contributed by atoms with E-state index in [1.807, 2.05) is 26.0 Å². The maximum Gasteiger partial charge on any atom is 0.261 e. The van der Waals surface area contributed by atoms with Gasteiger partial charge in [0.1, 0.15) is 12.4 Å². The lowest BCUT2D eigenvalue weighted by Crippen LogP contribution is -2.42. The van der Waals surface area contributed by atoms with E-state index in [1.165, 1.54) is 0 Å². The van der Waals surface area contributed by atoms with Crippen molar-refractivity contribution in [1.82, 2.24) is 0 Å². The summed E-state index contributed by atoms with van der Waals surface area (Å²) in [5, 5.41) is 0. The molecular weight excluding hydrogens is 436 g/mol. The highest BCUT2D eigenvalue weighted by Crippen LogP contribution is 2.39. The van der Waals surface area contributed by atoms with Crippen LogP contribution in [0.2, 0.25) is 0 Å². The highest BCUT2D eigenvalue weighted by atomic mass is 32.2. The maximum atomic E-state index is 13.2. The molecule has 0 saturated carbocycles. The molecule has 1 N–H and O–H groups in total. The second-order valence-electron chi connectivity index (χ2n) is 10.9. The Balaban J connectivity index is 1.90. The quantitative estimate of drug-likeness (QED) is 0.595. The lowest BCUT2D eigenvalue weighted by Gasteiger charge is -2.28. The molecular formula is C26H36N2O4S. The number of rotatable bonds is 6. The van der Waals surface area contributed by atoms with Crippen LogP contribution in [-0.2, 0) is 20.2 Å². The molecule has 1 aliphatic rings. The number of amides is 1. The van der Waals surface area contributed by atoms with Crippen LogP contribution in [0.5, 0.6) is 5.75 Å². The van der Waals surface area contributed by atoms with E-state index < -0.39 is 15.4 Å². The van der Waals surface area contributed by atoms with E-state index >= 15 is 0 Å². The monoisotopic (exact) mass is 472 g/mol. The number of carbonyl (C=O) groups excluding carboxylic acids is 1. The minimum atomic E-state index is -3.77. The van der Waals surface area contributed by atoms with Crippen molar-refractivity contribution in [3.63, 3.8) is 0 Å². The largest absolute Gasteiger partial charge is 0.490 e. The summed E-state index contributed by atoms with van der Waals surface area (Å²) >= 11 is 0. The summed E-state index contributed by atoms with van der Waals surface area (Å²) in [7, 11) is -3.77. The standard InChI is InChI=1S/C26H36N2O4S/c1-18(2)14-15-28-22-13-10-20(16-23(22)32-17-26(6,7)24(28)29)27-33(30,31)21-11-8-19(9-12-21)25(3,4)5/h8-13,16,18,27H,14-15,17H2,1-7H3. The number of nitrogens with one attached hydrogen (secondary N) is 1. The van der Waals surface area contributed by atoms with Crippen molar-refractivity contribution in [2.75, 3.05) is 22.8 Å². The minimum absolute atomic E-state index is 0.00849. The summed E-state index contributed by atoms with van der Waals surface area (Å²) in [5.41, 5.74) is 1.39. The van der Waals surface area contributed by atoms with Crippen LogP contribution >= 0.6 is 0 Å². The van der Waals surface area contributed by atoms with Crippen molar-refractivity contribution >= 4 is 27.3 Å². The number of hydrogen-bond donors (Lipinski definition) is 1. The molecule has 1 amide bonds. The first kappa shape index (κ1) is 25.1. The SMILES string of the molecule is CC(C)CCN1C(=O)C(C)(C)COc2cc(NS(=O)(=O)c3ccc(C(C)(C)C)cc3)ccc21. The van der Waals surface area contributed by atoms with E-state index in [-0.39, 0.29) is 22.8 Å². The summed E-state index contributed by atoms with van der Waals surface area (Å²) in [6.07, 6.45) is 0.861. The Bertz CT molecular complexity index is 1110. The molecule has 0 bridgehead atoms. The summed E-state index contributed by atoms with van der Waals surface area (Å²) in [6, 6.07) is 12.0. The van der Waals surface area contributed by atoms with Crippen molar-refractivity contribution in [3.8, 4) is 5.75 Å². The molecule has 33 heavy (non-hydrogen) atoms. The van der Waals surface area contributed by atoms with Crippen molar-refractivity contribution in [2.24, 2.45) is 11.3 Å². The molecule has 2 aromatic carbocycles.